The SMILES string of the molecule is Cc1cc(N(c2ccc(C(C)C)cc2)c2ccc(C3CCCCC3)cc2)cc2c(C)cc(N(c3ccc(C(C)C)cc3)c3ccc(C4CCCCC4)cc3)cc12. The van der Waals surface area contributed by atoms with Crippen molar-refractivity contribution in [2.24, 2.45) is 0 Å². The summed E-state index contributed by atoms with van der Waals surface area (Å²) in [6.07, 6.45) is 13.4. The number of fused-ring (bicyclic) bond motifs is 1. The zero-order chi connectivity index (χ0) is 38.8. The first-order valence-corrected chi connectivity index (χ1v) is 21.8. The van der Waals surface area contributed by atoms with Gasteiger partial charge < -0.3 is 9.80 Å². The van der Waals surface area contributed by atoms with E-state index in [4.69, 9.17) is 0 Å². The highest BCUT2D eigenvalue weighted by molar-refractivity contribution is 5.97. The summed E-state index contributed by atoms with van der Waals surface area (Å²) in [5, 5.41) is 2.60. The van der Waals surface area contributed by atoms with Crippen molar-refractivity contribution < 1.29 is 0 Å². The molecule has 2 aliphatic rings. The predicted octanol–water partition coefficient (Wildman–Crippen LogP) is 16.7. The second kappa shape index (κ2) is 16.7. The maximum atomic E-state index is 2.46. The average molecular weight is 739 g/mol. The Morgan fingerprint density at radius 3 is 0.982 bits per heavy atom. The smallest absolute Gasteiger partial charge is 0.0470 e. The number of nitrogens with zero attached hydrogens (tertiary/aromatic N) is 2. The highest BCUT2D eigenvalue weighted by Gasteiger charge is 2.21. The Bertz CT molecular complexity index is 2050. The van der Waals surface area contributed by atoms with Crippen molar-refractivity contribution in [2.75, 3.05) is 9.80 Å². The number of aryl methyl sites for hydroxylation is 2. The first-order valence-electron chi connectivity index (χ1n) is 21.8. The van der Waals surface area contributed by atoms with Crippen LogP contribution in [0.2, 0.25) is 0 Å². The molecule has 0 N–H and O–H groups in total. The Balaban J connectivity index is 1.20. The van der Waals surface area contributed by atoms with Crippen molar-refractivity contribution >= 4 is 44.9 Å². The molecule has 6 aromatic rings. The van der Waals surface area contributed by atoms with E-state index in [-0.39, 0.29) is 0 Å². The van der Waals surface area contributed by atoms with Gasteiger partial charge in [-0.15, -0.1) is 0 Å². The minimum absolute atomic E-state index is 0.495. The quantitative estimate of drug-likeness (QED) is 0.138. The highest BCUT2D eigenvalue weighted by Crippen LogP contribution is 2.44. The standard InChI is InChI=1S/C54H62N2/c1-37(2)41-17-25-47(26-18-41)55(49-29-21-45(22-30-49)43-13-9-7-10-14-43)51-33-39(5)54-36-52(34-40(6)53(54)35-51)56(48-27-19-42(20-28-48)38(3)4)50-31-23-46(24-32-50)44-15-11-8-12-16-44/h17-38,43-44H,7-16H2,1-6H3. The lowest BCUT2D eigenvalue weighted by Gasteiger charge is -2.29. The van der Waals surface area contributed by atoms with Crippen LogP contribution in [0, 0.1) is 13.8 Å². The molecule has 2 aliphatic carbocycles. The van der Waals surface area contributed by atoms with Gasteiger partial charge in [-0.1, -0.05) is 115 Å². The van der Waals surface area contributed by atoms with E-state index in [2.05, 4.69) is 173 Å². The van der Waals surface area contributed by atoms with E-state index in [1.807, 2.05) is 0 Å². The third kappa shape index (κ3) is 8.04. The molecule has 0 heterocycles. The third-order valence-electron chi connectivity index (χ3n) is 13.1. The average Bonchev–Trinajstić information content (AvgIpc) is 3.23. The minimum Gasteiger partial charge on any atom is -0.310 e. The maximum Gasteiger partial charge on any atom is 0.0470 e. The van der Waals surface area contributed by atoms with Gasteiger partial charge in [-0.25, -0.2) is 0 Å². The molecule has 8 rings (SSSR count). The Kier molecular flexibility index (Phi) is 11.4. The molecular formula is C54H62N2. The molecule has 2 nitrogen and oxygen atoms in total. The third-order valence-corrected chi connectivity index (χ3v) is 13.1. The Morgan fingerprint density at radius 2 is 0.679 bits per heavy atom. The first-order chi connectivity index (χ1) is 27.2. The fourth-order valence-electron chi connectivity index (χ4n) is 9.62. The van der Waals surface area contributed by atoms with Crippen LogP contribution in [0.15, 0.2) is 121 Å². The molecule has 0 amide bonds. The lowest BCUT2D eigenvalue weighted by atomic mass is 9.84. The van der Waals surface area contributed by atoms with Crippen LogP contribution in [0.5, 0.6) is 0 Å². The van der Waals surface area contributed by atoms with Crippen LogP contribution in [0.3, 0.4) is 0 Å². The topological polar surface area (TPSA) is 6.48 Å². The van der Waals surface area contributed by atoms with Gasteiger partial charge in [0.25, 0.3) is 0 Å². The van der Waals surface area contributed by atoms with E-state index in [0.29, 0.717) is 23.7 Å². The molecular weight excluding hydrogens is 677 g/mol. The second-order valence-electron chi connectivity index (χ2n) is 17.6. The van der Waals surface area contributed by atoms with Gasteiger partial charge in [0, 0.05) is 34.1 Å². The number of hydrogen-bond donors (Lipinski definition) is 0. The lowest BCUT2D eigenvalue weighted by molar-refractivity contribution is 0.443. The fourth-order valence-corrected chi connectivity index (χ4v) is 9.62. The van der Waals surface area contributed by atoms with E-state index in [1.54, 1.807) is 0 Å². The van der Waals surface area contributed by atoms with Crippen molar-refractivity contribution in [1.82, 2.24) is 0 Å². The van der Waals surface area contributed by atoms with Crippen LogP contribution in [0.25, 0.3) is 10.8 Å². The molecule has 0 bridgehead atoms. The molecule has 2 heteroatoms. The molecule has 56 heavy (non-hydrogen) atoms. The number of hydrogen-bond acceptors (Lipinski definition) is 2. The van der Waals surface area contributed by atoms with Crippen molar-refractivity contribution in [1.29, 1.82) is 0 Å². The number of rotatable bonds is 10. The van der Waals surface area contributed by atoms with Crippen LogP contribution in [0.4, 0.5) is 34.1 Å². The summed E-state index contributed by atoms with van der Waals surface area (Å²) >= 11 is 0. The summed E-state index contributed by atoms with van der Waals surface area (Å²) < 4.78 is 0. The normalized spacial score (nSPS) is 15.5. The fraction of sp³-hybridized carbons (Fsp3) is 0.370. The first kappa shape index (κ1) is 38.1. The van der Waals surface area contributed by atoms with E-state index in [9.17, 15) is 0 Å². The largest absolute Gasteiger partial charge is 0.310 e. The maximum absolute atomic E-state index is 2.46. The Morgan fingerprint density at radius 1 is 0.375 bits per heavy atom. The van der Waals surface area contributed by atoms with Gasteiger partial charge in [-0.2, -0.15) is 0 Å². The molecule has 2 saturated carbocycles. The van der Waals surface area contributed by atoms with Gasteiger partial charge in [0.15, 0.2) is 0 Å². The molecule has 0 atom stereocenters. The van der Waals surface area contributed by atoms with E-state index in [1.165, 1.54) is 142 Å². The van der Waals surface area contributed by atoms with E-state index >= 15 is 0 Å². The number of anilines is 6. The summed E-state index contributed by atoms with van der Waals surface area (Å²) in [7, 11) is 0. The van der Waals surface area contributed by atoms with Crippen molar-refractivity contribution in [3.63, 3.8) is 0 Å². The van der Waals surface area contributed by atoms with Crippen LogP contribution in [-0.4, -0.2) is 0 Å². The van der Waals surface area contributed by atoms with E-state index < -0.39 is 0 Å². The van der Waals surface area contributed by atoms with Crippen LogP contribution < -0.4 is 9.80 Å². The van der Waals surface area contributed by atoms with Gasteiger partial charge >= 0.3 is 0 Å². The van der Waals surface area contributed by atoms with Crippen LogP contribution >= 0.6 is 0 Å². The summed E-state index contributed by atoms with van der Waals surface area (Å²) in [6, 6.07) is 47.1. The Labute approximate surface area is 337 Å². The molecule has 0 spiro atoms. The summed E-state index contributed by atoms with van der Waals surface area (Å²) in [4.78, 5) is 4.93. The van der Waals surface area contributed by atoms with Gasteiger partial charge in [-0.05, 0) is 180 Å². The van der Waals surface area contributed by atoms with Crippen molar-refractivity contribution in [3.05, 3.63) is 155 Å². The zero-order valence-electron chi connectivity index (χ0n) is 34.8. The molecule has 2 fully saturated rings. The van der Waals surface area contributed by atoms with Gasteiger partial charge in [0.1, 0.15) is 0 Å². The second-order valence-corrected chi connectivity index (χ2v) is 17.6. The van der Waals surface area contributed by atoms with Gasteiger partial charge in [0.2, 0.25) is 0 Å². The molecule has 0 saturated heterocycles. The summed E-state index contributed by atoms with van der Waals surface area (Å²) in [5.41, 5.74) is 15.5. The van der Waals surface area contributed by atoms with Crippen LogP contribution in [-0.2, 0) is 0 Å². The van der Waals surface area contributed by atoms with E-state index in [0.717, 1.165) is 0 Å². The monoisotopic (exact) mass is 738 g/mol. The molecule has 0 aromatic heterocycles. The molecule has 0 unspecified atom stereocenters. The van der Waals surface area contributed by atoms with Crippen molar-refractivity contribution in [2.45, 2.75) is 129 Å². The van der Waals surface area contributed by atoms with Crippen molar-refractivity contribution in [3.8, 4) is 0 Å². The molecule has 0 aliphatic heterocycles. The minimum atomic E-state index is 0.495. The molecule has 288 valence electrons. The Hall–Kier alpha value is -4.82. The highest BCUT2D eigenvalue weighted by atomic mass is 15.1. The lowest BCUT2D eigenvalue weighted by Crippen LogP contribution is -2.12. The van der Waals surface area contributed by atoms with Crippen LogP contribution in [0.1, 0.15) is 149 Å². The van der Waals surface area contributed by atoms with Gasteiger partial charge in [-0.3, -0.25) is 0 Å². The number of benzene rings is 6. The molecule has 0 radical (unpaired) electrons. The predicted molar refractivity (Wildman–Crippen MR) is 243 cm³/mol. The summed E-state index contributed by atoms with van der Waals surface area (Å²) in [6.45, 7) is 13.7. The molecule has 6 aromatic carbocycles. The summed E-state index contributed by atoms with van der Waals surface area (Å²) in [5.74, 6) is 2.38. The van der Waals surface area contributed by atoms with Gasteiger partial charge in [0.05, 0.1) is 0 Å². The zero-order valence-corrected chi connectivity index (χ0v) is 34.8.